The molecule has 1 nitrogen and oxygen atoms in total. The zero-order chi connectivity index (χ0) is 8.48. The maximum absolute atomic E-state index is 11.9. The van der Waals surface area contributed by atoms with Gasteiger partial charge in [-0.1, -0.05) is 5.73 Å². The molecule has 1 rings (SSSR count). The SMILES string of the molecule is CN1C=C=C(C(F)(F)F)C=C1. The van der Waals surface area contributed by atoms with E-state index >= 15 is 0 Å². The molecular weight excluding hydrogens is 155 g/mol. The van der Waals surface area contributed by atoms with Crippen molar-refractivity contribution in [1.82, 2.24) is 4.90 Å². The van der Waals surface area contributed by atoms with Crippen molar-refractivity contribution < 1.29 is 13.2 Å². The molecule has 0 bridgehead atoms. The quantitative estimate of drug-likeness (QED) is 0.491. The summed E-state index contributed by atoms with van der Waals surface area (Å²) in [5, 5.41) is 0. The second kappa shape index (κ2) is 2.47. The van der Waals surface area contributed by atoms with Gasteiger partial charge in [0.25, 0.3) is 0 Å². The Labute approximate surface area is 62.1 Å². The second-order valence-electron chi connectivity index (χ2n) is 2.17. The highest BCUT2D eigenvalue weighted by Gasteiger charge is 2.32. The van der Waals surface area contributed by atoms with E-state index in [2.05, 4.69) is 5.73 Å². The third kappa shape index (κ3) is 1.88. The fraction of sp³-hybridized carbons (Fsp3) is 0.286. The van der Waals surface area contributed by atoms with E-state index in [-0.39, 0.29) is 0 Å². The van der Waals surface area contributed by atoms with Crippen LogP contribution in [0.2, 0.25) is 0 Å². The molecule has 4 heteroatoms. The lowest BCUT2D eigenvalue weighted by atomic mass is 10.2. The van der Waals surface area contributed by atoms with Gasteiger partial charge in [0.05, 0.1) is 0 Å². The highest BCUT2D eigenvalue weighted by molar-refractivity contribution is 5.25. The predicted molar refractivity (Wildman–Crippen MR) is 34.6 cm³/mol. The molecule has 0 fully saturated rings. The summed E-state index contributed by atoms with van der Waals surface area (Å²) in [5.41, 5.74) is 1.37. The topological polar surface area (TPSA) is 3.24 Å². The zero-order valence-corrected chi connectivity index (χ0v) is 5.81. The first-order valence-electron chi connectivity index (χ1n) is 2.94. The maximum Gasteiger partial charge on any atom is 0.423 e. The van der Waals surface area contributed by atoms with Crippen LogP contribution in [0.15, 0.2) is 29.8 Å². The monoisotopic (exact) mass is 161 g/mol. The molecule has 60 valence electrons. The van der Waals surface area contributed by atoms with E-state index in [9.17, 15) is 13.2 Å². The van der Waals surface area contributed by atoms with Gasteiger partial charge in [-0.3, -0.25) is 0 Å². The Kier molecular flexibility index (Phi) is 1.79. The van der Waals surface area contributed by atoms with Crippen LogP contribution in [-0.2, 0) is 0 Å². The molecule has 0 spiro atoms. The standard InChI is InChI=1S/C7H6F3N/c1-11-4-2-6(3-5-11)7(8,9)10/h2,4-5H,1H3. The summed E-state index contributed by atoms with van der Waals surface area (Å²) >= 11 is 0. The highest BCUT2D eigenvalue weighted by atomic mass is 19.4. The molecule has 0 aromatic rings. The van der Waals surface area contributed by atoms with Gasteiger partial charge in [0.2, 0.25) is 0 Å². The lowest BCUT2D eigenvalue weighted by Gasteiger charge is -2.11. The summed E-state index contributed by atoms with van der Waals surface area (Å²) in [6.07, 6.45) is -0.726. The van der Waals surface area contributed by atoms with E-state index in [1.165, 1.54) is 17.3 Å². The average molecular weight is 161 g/mol. The Morgan fingerprint density at radius 3 is 2.45 bits per heavy atom. The minimum Gasteiger partial charge on any atom is -0.351 e. The van der Waals surface area contributed by atoms with Crippen LogP contribution in [0, 0.1) is 0 Å². The van der Waals surface area contributed by atoms with Crippen molar-refractivity contribution in [3.8, 4) is 0 Å². The molecule has 0 atom stereocenters. The maximum atomic E-state index is 11.9. The van der Waals surface area contributed by atoms with Gasteiger partial charge in [0.15, 0.2) is 0 Å². The highest BCUT2D eigenvalue weighted by Crippen LogP contribution is 2.26. The van der Waals surface area contributed by atoms with Crippen LogP contribution >= 0.6 is 0 Å². The van der Waals surface area contributed by atoms with Crippen LogP contribution in [0.4, 0.5) is 13.2 Å². The summed E-state index contributed by atoms with van der Waals surface area (Å²) in [6, 6.07) is 0. The Hall–Kier alpha value is -1.15. The van der Waals surface area contributed by atoms with Gasteiger partial charge in [0.1, 0.15) is 5.57 Å². The summed E-state index contributed by atoms with van der Waals surface area (Å²) in [6.45, 7) is 0. The lowest BCUT2D eigenvalue weighted by molar-refractivity contribution is -0.0882. The van der Waals surface area contributed by atoms with Gasteiger partial charge in [-0.15, -0.1) is 0 Å². The van der Waals surface area contributed by atoms with Gasteiger partial charge in [0, 0.05) is 19.4 Å². The molecule has 0 saturated heterocycles. The molecule has 0 unspecified atom stereocenters. The second-order valence-corrected chi connectivity index (χ2v) is 2.17. The largest absolute Gasteiger partial charge is 0.423 e. The fourth-order valence-electron chi connectivity index (χ4n) is 0.631. The first-order valence-corrected chi connectivity index (χ1v) is 2.94. The van der Waals surface area contributed by atoms with Crippen LogP contribution in [-0.4, -0.2) is 18.1 Å². The Morgan fingerprint density at radius 2 is 2.09 bits per heavy atom. The van der Waals surface area contributed by atoms with E-state index in [1.807, 2.05) is 0 Å². The third-order valence-electron chi connectivity index (χ3n) is 1.21. The van der Waals surface area contributed by atoms with E-state index < -0.39 is 11.7 Å². The fourth-order valence-corrected chi connectivity index (χ4v) is 0.631. The summed E-state index contributed by atoms with van der Waals surface area (Å²) in [7, 11) is 1.64. The molecular formula is C7H6F3N. The van der Waals surface area contributed by atoms with Gasteiger partial charge < -0.3 is 4.90 Å². The van der Waals surface area contributed by atoms with Crippen molar-refractivity contribution >= 4 is 0 Å². The van der Waals surface area contributed by atoms with Crippen LogP contribution < -0.4 is 0 Å². The van der Waals surface area contributed by atoms with Crippen LogP contribution in [0.5, 0.6) is 0 Å². The predicted octanol–water partition coefficient (Wildman–Crippen LogP) is 2.05. The van der Waals surface area contributed by atoms with Crippen LogP contribution in [0.1, 0.15) is 0 Å². The summed E-state index contributed by atoms with van der Waals surface area (Å²) in [5.74, 6) is 0. The van der Waals surface area contributed by atoms with Crippen LogP contribution in [0.3, 0.4) is 0 Å². The smallest absolute Gasteiger partial charge is 0.351 e. The minimum atomic E-state index is -4.28. The van der Waals surface area contributed by atoms with E-state index in [1.54, 1.807) is 7.05 Å². The van der Waals surface area contributed by atoms with Gasteiger partial charge in [-0.05, 0) is 6.08 Å². The molecule has 0 saturated carbocycles. The van der Waals surface area contributed by atoms with Crippen molar-refractivity contribution in [3.63, 3.8) is 0 Å². The van der Waals surface area contributed by atoms with Gasteiger partial charge in [-0.25, -0.2) is 0 Å². The van der Waals surface area contributed by atoms with E-state index in [4.69, 9.17) is 0 Å². The van der Waals surface area contributed by atoms with E-state index in [0.717, 1.165) is 6.08 Å². The van der Waals surface area contributed by atoms with E-state index in [0.29, 0.717) is 0 Å². The molecule has 1 heterocycles. The van der Waals surface area contributed by atoms with Crippen LogP contribution in [0.25, 0.3) is 0 Å². The van der Waals surface area contributed by atoms with Gasteiger partial charge in [-0.2, -0.15) is 13.2 Å². The number of hydrogen-bond acceptors (Lipinski definition) is 1. The molecule has 0 aromatic heterocycles. The number of halogens is 3. The molecule has 0 aromatic carbocycles. The summed E-state index contributed by atoms with van der Waals surface area (Å²) in [4.78, 5) is 1.50. The molecule has 11 heavy (non-hydrogen) atoms. The van der Waals surface area contributed by atoms with Crippen molar-refractivity contribution in [2.45, 2.75) is 6.18 Å². The number of nitrogens with zero attached hydrogens (tertiary/aromatic N) is 1. The minimum absolute atomic E-state index is 0.740. The first-order chi connectivity index (χ1) is 5.00. The zero-order valence-electron chi connectivity index (χ0n) is 5.81. The molecule has 0 amide bonds. The number of rotatable bonds is 0. The molecule has 1 aliphatic rings. The third-order valence-corrected chi connectivity index (χ3v) is 1.21. The normalized spacial score (nSPS) is 17.1. The van der Waals surface area contributed by atoms with Crippen molar-refractivity contribution in [1.29, 1.82) is 0 Å². The van der Waals surface area contributed by atoms with Gasteiger partial charge >= 0.3 is 6.18 Å². The Bertz CT molecular complexity index is 243. The number of alkyl halides is 3. The van der Waals surface area contributed by atoms with Crippen molar-refractivity contribution in [3.05, 3.63) is 29.8 Å². The van der Waals surface area contributed by atoms with Crippen molar-refractivity contribution in [2.75, 3.05) is 7.05 Å². The Balaban J connectivity index is 2.93. The molecule has 0 aliphatic carbocycles. The summed E-state index contributed by atoms with van der Waals surface area (Å²) < 4.78 is 35.6. The van der Waals surface area contributed by atoms with Crippen molar-refractivity contribution in [2.24, 2.45) is 0 Å². The number of allylic oxidation sites excluding steroid dienone is 2. The Morgan fingerprint density at radius 1 is 1.45 bits per heavy atom. The molecule has 0 N–H and O–H groups in total. The average Bonchev–Trinajstić information content (AvgIpc) is 1.86. The molecule has 1 aliphatic heterocycles. The lowest BCUT2D eigenvalue weighted by Crippen LogP contribution is -2.12. The molecule has 0 radical (unpaired) electrons. The first kappa shape index (κ1) is 7.95. The number of hydrogen-bond donors (Lipinski definition) is 0.